The van der Waals surface area contributed by atoms with E-state index in [2.05, 4.69) is 0 Å². The second-order valence-corrected chi connectivity index (χ2v) is 3.96. The van der Waals surface area contributed by atoms with Gasteiger partial charge in [0.2, 0.25) is 0 Å². The van der Waals surface area contributed by atoms with Crippen LogP contribution in [0.2, 0.25) is 0 Å². The third-order valence-corrected chi connectivity index (χ3v) is 2.31. The van der Waals surface area contributed by atoms with E-state index in [1.807, 2.05) is 31.2 Å². The van der Waals surface area contributed by atoms with Crippen LogP contribution >= 0.6 is 0 Å². The molecule has 0 radical (unpaired) electrons. The molecule has 0 aromatic heterocycles. The molecule has 4 nitrogen and oxygen atoms in total. The van der Waals surface area contributed by atoms with Gasteiger partial charge in [0.05, 0.1) is 25.7 Å². The molecule has 1 unspecified atom stereocenters. The largest absolute Gasteiger partial charge is 0.481 e. The number of carbonyl (C=O) groups is 1. The molecule has 0 aliphatic carbocycles. The van der Waals surface area contributed by atoms with Crippen molar-refractivity contribution < 1.29 is 19.4 Å². The zero-order chi connectivity index (χ0) is 12.7. The van der Waals surface area contributed by atoms with Crippen LogP contribution in [0, 0.1) is 0 Å². The highest BCUT2D eigenvalue weighted by Crippen LogP contribution is 2.08. The lowest BCUT2D eigenvalue weighted by molar-refractivity contribution is -0.136. The minimum absolute atomic E-state index is 0.0543. The topological polar surface area (TPSA) is 55.8 Å². The van der Waals surface area contributed by atoms with E-state index in [9.17, 15) is 4.79 Å². The van der Waals surface area contributed by atoms with Gasteiger partial charge in [-0.25, -0.2) is 0 Å². The van der Waals surface area contributed by atoms with E-state index in [0.29, 0.717) is 13.2 Å². The number of carboxylic acid groups (broad SMARTS) is 1. The number of aliphatic carboxylic acids is 1. The van der Waals surface area contributed by atoms with Crippen LogP contribution in [0.3, 0.4) is 0 Å². The van der Waals surface area contributed by atoms with Crippen LogP contribution in [0.5, 0.6) is 0 Å². The molecule has 1 N–H and O–H groups in total. The summed E-state index contributed by atoms with van der Waals surface area (Å²) in [6, 6.07) is 7.40. The monoisotopic (exact) mass is 238 g/mol. The van der Waals surface area contributed by atoms with Gasteiger partial charge in [-0.05, 0) is 18.1 Å². The third kappa shape index (κ3) is 5.47. The maximum absolute atomic E-state index is 10.5. The summed E-state index contributed by atoms with van der Waals surface area (Å²) in [6.07, 6.45) is 0.111. The Bertz CT molecular complexity index is 345. The fraction of sp³-hybridized carbons (Fsp3) is 0.462. The Morgan fingerprint density at radius 3 is 2.41 bits per heavy atom. The SMILES string of the molecule is COCC(C)OCc1ccc(CC(=O)O)cc1. The van der Waals surface area contributed by atoms with E-state index in [-0.39, 0.29) is 12.5 Å². The summed E-state index contributed by atoms with van der Waals surface area (Å²) in [6.45, 7) is 3.03. The van der Waals surface area contributed by atoms with Crippen molar-refractivity contribution in [3.05, 3.63) is 35.4 Å². The number of benzene rings is 1. The van der Waals surface area contributed by atoms with Crippen LogP contribution in [-0.4, -0.2) is 30.9 Å². The van der Waals surface area contributed by atoms with E-state index in [1.54, 1.807) is 7.11 Å². The first kappa shape index (κ1) is 13.7. The van der Waals surface area contributed by atoms with Crippen molar-refractivity contribution in [3.63, 3.8) is 0 Å². The standard InChI is InChI=1S/C13H18O4/c1-10(8-16-2)17-9-12-5-3-11(4-6-12)7-13(14)15/h3-6,10H,7-9H2,1-2H3,(H,14,15). The van der Waals surface area contributed by atoms with Gasteiger partial charge < -0.3 is 14.6 Å². The fourth-order valence-corrected chi connectivity index (χ4v) is 1.45. The van der Waals surface area contributed by atoms with E-state index in [1.165, 1.54) is 0 Å². The van der Waals surface area contributed by atoms with Crippen molar-refractivity contribution in [3.8, 4) is 0 Å². The molecule has 0 spiro atoms. The summed E-state index contributed by atoms with van der Waals surface area (Å²) in [7, 11) is 1.64. The fourth-order valence-electron chi connectivity index (χ4n) is 1.45. The Morgan fingerprint density at radius 1 is 1.29 bits per heavy atom. The average Bonchev–Trinajstić information content (AvgIpc) is 2.28. The number of carboxylic acids is 1. The maximum atomic E-state index is 10.5. The molecule has 0 aliphatic rings. The van der Waals surface area contributed by atoms with E-state index >= 15 is 0 Å². The highest BCUT2D eigenvalue weighted by atomic mass is 16.5. The molecule has 0 saturated carbocycles. The minimum Gasteiger partial charge on any atom is -0.481 e. The number of hydrogen-bond acceptors (Lipinski definition) is 3. The Kier molecular flexibility index (Phi) is 5.66. The highest BCUT2D eigenvalue weighted by Gasteiger charge is 2.03. The lowest BCUT2D eigenvalue weighted by atomic mass is 10.1. The first-order chi connectivity index (χ1) is 8.11. The number of rotatable bonds is 7. The summed E-state index contributed by atoms with van der Waals surface area (Å²) in [4.78, 5) is 10.5. The lowest BCUT2D eigenvalue weighted by Crippen LogP contribution is -2.14. The molecule has 1 atom stereocenters. The second kappa shape index (κ2) is 7.04. The van der Waals surface area contributed by atoms with Gasteiger partial charge in [-0.1, -0.05) is 24.3 Å². The van der Waals surface area contributed by atoms with E-state index in [4.69, 9.17) is 14.6 Å². The van der Waals surface area contributed by atoms with Crippen molar-refractivity contribution in [1.29, 1.82) is 0 Å². The van der Waals surface area contributed by atoms with Crippen LogP contribution < -0.4 is 0 Å². The smallest absolute Gasteiger partial charge is 0.307 e. The van der Waals surface area contributed by atoms with Crippen molar-refractivity contribution in [1.82, 2.24) is 0 Å². The Hall–Kier alpha value is -1.39. The van der Waals surface area contributed by atoms with E-state index < -0.39 is 5.97 Å². The zero-order valence-corrected chi connectivity index (χ0v) is 10.2. The summed E-state index contributed by atoms with van der Waals surface area (Å²) in [5, 5.41) is 8.63. The quantitative estimate of drug-likeness (QED) is 0.787. The first-order valence-electron chi connectivity index (χ1n) is 5.52. The highest BCUT2D eigenvalue weighted by molar-refractivity contribution is 5.70. The van der Waals surface area contributed by atoms with Gasteiger partial charge in [0, 0.05) is 7.11 Å². The molecule has 0 bridgehead atoms. The minimum atomic E-state index is -0.817. The van der Waals surface area contributed by atoms with Gasteiger partial charge in [-0.3, -0.25) is 4.79 Å². The van der Waals surface area contributed by atoms with Gasteiger partial charge in [0.15, 0.2) is 0 Å². The van der Waals surface area contributed by atoms with Crippen molar-refractivity contribution in [2.24, 2.45) is 0 Å². The Balaban J connectivity index is 2.42. The molecule has 0 aliphatic heterocycles. The van der Waals surface area contributed by atoms with Crippen LogP contribution in [0.1, 0.15) is 18.1 Å². The van der Waals surface area contributed by atoms with Gasteiger partial charge in [0.1, 0.15) is 0 Å². The maximum Gasteiger partial charge on any atom is 0.307 e. The molecule has 0 fully saturated rings. The van der Waals surface area contributed by atoms with Gasteiger partial charge in [0.25, 0.3) is 0 Å². The van der Waals surface area contributed by atoms with Crippen LogP contribution in [-0.2, 0) is 27.3 Å². The average molecular weight is 238 g/mol. The molecular weight excluding hydrogens is 220 g/mol. The summed E-state index contributed by atoms with van der Waals surface area (Å²) in [5.41, 5.74) is 1.83. The molecule has 94 valence electrons. The molecule has 0 saturated heterocycles. The predicted molar refractivity (Wildman–Crippen MR) is 63.9 cm³/mol. The van der Waals surface area contributed by atoms with Crippen LogP contribution in [0.15, 0.2) is 24.3 Å². The van der Waals surface area contributed by atoms with Crippen molar-refractivity contribution >= 4 is 5.97 Å². The van der Waals surface area contributed by atoms with Crippen molar-refractivity contribution in [2.45, 2.75) is 26.1 Å². The molecule has 4 heteroatoms. The molecule has 0 amide bonds. The van der Waals surface area contributed by atoms with Crippen molar-refractivity contribution in [2.75, 3.05) is 13.7 Å². The van der Waals surface area contributed by atoms with E-state index in [0.717, 1.165) is 11.1 Å². The Labute approximate surface area is 101 Å². The Morgan fingerprint density at radius 2 is 1.88 bits per heavy atom. The molecule has 17 heavy (non-hydrogen) atoms. The van der Waals surface area contributed by atoms with Gasteiger partial charge in [-0.15, -0.1) is 0 Å². The predicted octanol–water partition coefficient (Wildman–Crippen LogP) is 1.87. The molecular formula is C13H18O4. The van der Waals surface area contributed by atoms with Crippen LogP contribution in [0.4, 0.5) is 0 Å². The first-order valence-corrected chi connectivity index (χ1v) is 5.52. The summed E-state index contributed by atoms with van der Waals surface area (Å²) in [5.74, 6) is -0.817. The summed E-state index contributed by atoms with van der Waals surface area (Å²) < 4.78 is 10.5. The zero-order valence-electron chi connectivity index (χ0n) is 10.2. The number of methoxy groups -OCH3 is 1. The lowest BCUT2D eigenvalue weighted by Gasteiger charge is -2.11. The van der Waals surface area contributed by atoms with Gasteiger partial charge >= 0.3 is 5.97 Å². The number of hydrogen-bond donors (Lipinski definition) is 1. The third-order valence-electron chi connectivity index (χ3n) is 2.31. The number of ether oxygens (including phenoxy) is 2. The summed E-state index contributed by atoms with van der Waals surface area (Å²) >= 11 is 0. The van der Waals surface area contributed by atoms with Crippen LogP contribution in [0.25, 0.3) is 0 Å². The molecule has 1 aromatic rings. The molecule has 1 rings (SSSR count). The normalized spacial score (nSPS) is 12.4. The second-order valence-electron chi connectivity index (χ2n) is 3.96. The molecule has 0 heterocycles. The van der Waals surface area contributed by atoms with Gasteiger partial charge in [-0.2, -0.15) is 0 Å². The molecule has 1 aromatic carbocycles.